The SMILES string of the molecule is C=C(F)C(=O)N1CC[C@H](n2ncc3c(O[C@@H](C)C4CCCN4C)nc4c(F)c(-c5c(C)c(C)cc6[nH]ncc56)c(C)cc4c32)C[C@H]1CC#N. The summed E-state index contributed by atoms with van der Waals surface area (Å²) in [6, 6.07) is 5.53. The molecule has 1 amide bonds. The minimum absolute atomic E-state index is 0.0349. The van der Waals surface area contributed by atoms with Crippen LogP contribution in [-0.2, 0) is 4.79 Å². The summed E-state index contributed by atoms with van der Waals surface area (Å²) in [6.07, 6.45) is 6.15. The molecule has 0 radical (unpaired) electrons. The van der Waals surface area contributed by atoms with Crippen molar-refractivity contribution in [1.29, 1.82) is 5.26 Å². The van der Waals surface area contributed by atoms with Gasteiger partial charge in [-0.1, -0.05) is 6.58 Å². The molecule has 0 aliphatic carbocycles. The van der Waals surface area contributed by atoms with Crippen molar-refractivity contribution in [3.8, 4) is 23.1 Å². The molecule has 0 spiro atoms. The number of likely N-dealkylation sites (N-methyl/N-ethyl adjacent to an activating group) is 1. The highest BCUT2D eigenvalue weighted by molar-refractivity contribution is 6.09. The molecule has 0 bridgehead atoms. The summed E-state index contributed by atoms with van der Waals surface area (Å²) in [5.41, 5.74) is 5.59. The average Bonchev–Trinajstić information content (AvgIpc) is 3.83. The van der Waals surface area contributed by atoms with Gasteiger partial charge in [0.1, 0.15) is 11.6 Å². The van der Waals surface area contributed by atoms with Crippen molar-refractivity contribution in [2.24, 2.45) is 0 Å². The van der Waals surface area contributed by atoms with Gasteiger partial charge in [-0.2, -0.15) is 15.5 Å². The van der Waals surface area contributed by atoms with Crippen molar-refractivity contribution >= 4 is 38.6 Å². The summed E-state index contributed by atoms with van der Waals surface area (Å²) in [6.45, 7) is 12.3. The van der Waals surface area contributed by atoms with Crippen molar-refractivity contribution in [2.45, 2.75) is 84.0 Å². The van der Waals surface area contributed by atoms with E-state index in [9.17, 15) is 14.4 Å². The van der Waals surface area contributed by atoms with Crippen molar-refractivity contribution < 1.29 is 18.3 Å². The zero-order chi connectivity index (χ0) is 34.7. The van der Waals surface area contributed by atoms with E-state index in [4.69, 9.17) is 14.8 Å². The Kier molecular flexibility index (Phi) is 8.35. The van der Waals surface area contributed by atoms with Crippen LogP contribution in [0.2, 0.25) is 0 Å². The van der Waals surface area contributed by atoms with E-state index in [0.29, 0.717) is 40.6 Å². The number of aromatic nitrogens is 5. The predicted octanol–water partition coefficient (Wildman–Crippen LogP) is 6.98. The molecule has 10 nitrogen and oxygen atoms in total. The Balaban J connectivity index is 1.43. The Morgan fingerprint density at radius 2 is 1.94 bits per heavy atom. The molecule has 4 atom stereocenters. The molecule has 2 fully saturated rings. The smallest absolute Gasteiger partial charge is 0.282 e. The molecule has 12 heteroatoms. The van der Waals surface area contributed by atoms with E-state index in [1.165, 1.54) is 4.90 Å². The number of pyridine rings is 1. The van der Waals surface area contributed by atoms with Gasteiger partial charge in [0.15, 0.2) is 11.6 Å². The molecule has 2 aliphatic heterocycles. The Morgan fingerprint density at radius 3 is 2.65 bits per heavy atom. The largest absolute Gasteiger partial charge is 0.472 e. The molecule has 0 saturated carbocycles. The first kappa shape index (κ1) is 32.6. The summed E-state index contributed by atoms with van der Waals surface area (Å²) in [5.74, 6) is -2.01. The van der Waals surface area contributed by atoms with Gasteiger partial charge in [-0.3, -0.25) is 19.5 Å². The fourth-order valence-electron chi connectivity index (χ4n) is 8.09. The third kappa shape index (κ3) is 5.40. The number of aromatic amines is 1. The van der Waals surface area contributed by atoms with Crippen LogP contribution in [0.4, 0.5) is 8.78 Å². The first-order chi connectivity index (χ1) is 23.5. The second kappa shape index (κ2) is 12.5. The molecule has 5 heterocycles. The van der Waals surface area contributed by atoms with Gasteiger partial charge in [0.25, 0.3) is 5.91 Å². The van der Waals surface area contributed by atoms with Gasteiger partial charge in [-0.25, -0.2) is 13.8 Å². The van der Waals surface area contributed by atoms with E-state index in [1.54, 1.807) is 12.4 Å². The molecular weight excluding hydrogens is 626 g/mol. The van der Waals surface area contributed by atoms with Crippen molar-refractivity contribution in [3.63, 3.8) is 0 Å². The van der Waals surface area contributed by atoms with Crippen LogP contribution in [0.5, 0.6) is 5.88 Å². The quantitative estimate of drug-likeness (QED) is 0.186. The number of H-pyrrole nitrogens is 1. The number of halogens is 2. The van der Waals surface area contributed by atoms with Crippen LogP contribution in [0, 0.1) is 37.9 Å². The van der Waals surface area contributed by atoms with E-state index < -0.39 is 23.6 Å². The van der Waals surface area contributed by atoms with Crippen molar-refractivity contribution in [1.82, 2.24) is 34.8 Å². The Bertz CT molecular complexity index is 2180. The number of hydrogen-bond donors (Lipinski definition) is 1. The number of carbonyl (C=O) groups excluding carboxylic acids is 1. The molecule has 2 aromatic carbocycles. The van der Waals surface area contributed by atoms with Crippen LogP contribution in [0.3, 0.4) is 0 Å². The lowest BCUT2D eigenvalue weighted by Crippen LogP contribution is -2.46. The number of amides is 1. The summed E-state index contributed by atoms with van der Waals surface area (Å²) in [5, 5.41) is 23.8. The minimum Gasteiger partial charge on any atom is -0.472 e. The Morgan fingerprint density at radius 1 is 1.14 bits per heavy atom. The van der Waals surface area contributed by atoms with Gasteiger partial charge in [0.05, 0.1) is 47.3 Å². The minimum atomic E-state index is -1.05. The van der Waals surface area contributed by atoms with Crippen LogP contribution < -0.4 is 4.74 Å². The highest BCUT2D eigenvalue weighted by Gasteiger charge is 2.36. The number of aryl methyl sites for hydroxylation is 2. The normalized spacial score (nSPS) is 20.7. The highest BCUT2D eigenvalue weighted by atomic mass is 19.1. The third-order valence-electron chi connectivity index (χ3n) is 10.7. The first-order valence-electron chi connectivity index (χ1n) is 16.8. The van der Waals surface area contributed by atoms with Crippen LogP contribution in [0.15, 0.2) is 36.9 Å². The molecule has 1 unspecified atom stereocenters. The van der Waals surface area contributed by atoms with Crippen molar-refractivity contribution in [3.05, 3.63) is 59.4 Å². The van der Waals surface area contributed by atoms with E-state index >= 15 is 4.39 Å². The van der Waals surface area contributed by atoms with Crippen LogP contribution >= 0.6 is 0 Å². The predicted molar refractivity (Wildman–Crippen MR) is 184 cm³/mol. The second-order valence-electron chi connectivity index (χ2n) is 13.7. The zero-order valence-electron chi connectivity index (χ0n) is 28.5. The maximum atomic E-state index is 17.3. The van der Waals surface area contributed by atoms with E-state index in [1.807, 2.05) is 44.5 Å². The maximum Gasteiger partial charge on any atom is 0.282 e. The Hall–Kier alpha value is -4.89. The molecular formula is C37H40F2N8O2. The van der Waals surface area contributed by atoms with E-state index in [0.717, 1.165) is 52.5 Å². The molecule has 2 aliphatic rings. The number of likely N-dealkylation sites (tertiary alicyclic amines) is 2. The highest BCUT2D eigenvalue weighted by Crippen LogP contribution is 2.43. The molecule has 7 rings (SSSR count). The number of benzene rings is 2. The number of ether oxygens (including phenoxy) is 1. The van der Waals surface area contributed by atoms with Gasteiger partial charge in [0, 0.05) is 35.0 Å². The third-order valence-corrected chi connectivity index (χ3v) is 10.7. The molecule has 3 aromatic heterocycles. The number of nitriles is 1. The zero-order valence-corrected chi connectivity index (χ0v) is 28.5. The lowest BCUT2D eigenvalue weighted by Gasteiger charge is -2.38. The maximum absolute atomic E-state index is 17.3. The number of piperidine rings is 1. The average molecular weight is 667 g/mol. The second-order valence-corrected chi connectivity index (χ2v) is 13.7. The summed E-state index contributed by atoms with van der Waals surface area (Å²) in [7, 11) is 2.08. The van der Waals surface area contributed by atoms with Gasteiger partial charge >= 0.3 is 0 Å². The number of fused-ring (bicyclic) bond motifs is 4. The van der Waals surface area contributed by atoms with Gasteiger partial charge < -0.3 is 9.64 Å². The lowest BCUT2D eigenvalue weighted by molar-refractivity contribution is -0.132. The number of nitrogens with zero attached hydrogens (tertiary/aromatic N) is 7. The number of rotatable bonds is 7. The summed E-state index contributed by atoms with van der Waals surface area (Å²) in [4.78, 5) is 21.2. The van der Waals surface area contributed by atoms with Crippen LogP contribution in [0.1, 0.15) is 61.8 Å². The number of nitrogens with one attached hydrogen (secondary N) is 1. The fraction of sp³-hybridized carbons (Fsp3) is 0.432. The fourth-order valence-corrected chi connectivity index (χ4v) is 8.09. The Labute approximate surface area is 283 Å². The summed E-state index contributed by atoms with van der Waals surface area (Å²) >= 11 is 0. The topological polar surface area (TPSA) is 116 Å². The molecule has 49 heavy (non-hydrogen) atoms. The van der Waals surface area contributed by atoms with Gasteiger partial charge in [0.2, 0.25) is 5.88 Å². The van der Waals surface area contributed by atoms with Crippen molar-refractivity contribution in [2.75, 3.05) is 20.1 Å². The standard InChI is InChI=1S/C37H40F2N8O2/c1-19-15-29-27(17-41-44-29)32(21(19)3)31-20(2)14-26-34(33(31)39)43-36(49-23(5)30-8-7-12-45(30)6)28-18-42-47(35(26)28)25-10-13-46(37(48)22(4)38)24(16-25)9-11-40/h14-15,17-18,23-25,30H,4,7-10,12-13,16H2,1-3,5-6H3,(H,41,44)/t23-,24+,25-,30?/m0/s1. The lowest BCUT2D eigenvalue weighted by atomic mass is 9.89. The first-order valence-corrected chi connectivity index (χ1v) is 16.8. The number of hydrogen-bond acceptors (Lipinski definition) is 7. The molecule has 2 saturated heterocycles. The monoisotopic (exact) mass is 666 g/mol. The molecule has 254 valence electrons. The molecule has 5 aromatic rings. The number of carbonyl (C=O) groups is 1. The van der Waals surface area contributed by atoms with Crippen LogP contribution in [0.25, 0.3) is 43.8 Å². The molecule has 1 N–H and O–H groups in total. The van der Waals surface area contributed by atoms with Crippen LogP contribution in [-0.4, -0.2) is 79.0 Å². The van der Waals surface area contributed by atoms with Gasteiger partial charge in [-0.05, 0) is 101 Å². The van der Waals surface area contributed by atoms with Gasteiger partial charge in [-0.15, -0.1) is 0 Å². The summed E-state index contributed by atoms with van der Waals surface area (Å²) < 4.78 is 39.7. The van der Waals surface area contributed by atoms with E-state index in [-0.39, 0.29) is 36.7 Å². The van der Waals surface area contributed by atoms with E-state index in [2.05, 4.69) is 34.8 Å².